The number of aromatic nitrogens is 1. The Morgan fingerprint density at radius 1 is 1.17 bits per heavy atom. The smallest absolute Gasteiger partial charge is 0.255 e. The summed E-state index contributed by atoms with van der Waals surface area (Å²) in [5, 5.41) is 6.99. The van der Waals surface area contributed by atoms with Crippen molar-refractivity contribution in [3.8, 4) is 5.75 Å². The molecular formula is C22H22N4O3. The van der Waals surface area contributed by atoms with E-state index in [2.05, 4.69) is 15.6 Å². The molecule has 2 amide bonds. The van der Waals surface area contributed by atoms with Crippen molar-refractivity contribution in [2.75, 3.05) is 12.4 Å². The summed E-state index contributed by atoms with van der Waals surface area (Å²) in [6.45, 7) is 0.515. The van der Waals surface area contributed by atoms with E-state index < -0.39 is 5.91 Å². The lowest BCUT2D eigenvalue weighted by atomic mass is 10.0. The van der Waals surface area contributed by atoms with Crippen LogP contribution in [0.4, 0.5) is 5.69 Å². The monoisotopic (exact) mass is 390 g/mol. The number of rotatable bonds is 7. The molecule has 0 spiro atoms. The van der Waals surface area contributed by atoms with Crippen LogP contribution >= 0.6 is 0 Å². The van der Waals surface area contributed by atoms with Gasteiger partial charge in [0.1, 0.15) is 5.75 Å². The second kappa shape index (κ2) is 7.79. The number of nitrogens with one attached hydrogen (secondary N) is 2. The van der Waals surface area contributed by atoms with Crippen LogP contribution in [0, 0.1) is 0 Å². The van der Waals surface area contributed by atoms with Crippen molar-refractivity contribution >= 4 is 28.4 Å². The Labute approximate surface area is 168 Å². The summed E-state index contributed by atoms with van der Waals surface area (Å²) in [6.07, 6.45) is 3.53. The fraction of sp³-hybridized carbons (Fsp3) is 0.227. The molecule has 1 aliphatic rings. The SMILES string of the molecule is COc1cc2ncc(C(=O)NC3CC3)c(NCc3ccccc3)c2cc1C(N)=O. The molecule has 1 heterocycles. The first-order valence-electron chi connectivity index (χ1n) is 9.46. The summed E-state index contributed by atoms with van der Waals surface area (Å²) < 4.78 is 5.28. The molecule has 1 aliphatic carbocycles. The molecule has 4 rings (SSSR count). The Morgan fingerprint density at radius 3 is 2.59 bits per heavy atom. The minimum atomic E-state index is -0.606. The highest BCUT2D eigenvalue weighted by molar-refractivity contribution is 6.09. The van der Waals surface area contributed by atoms with Crippen molar-refractivity contribution in [2.24, 2.45) is 5.73 Å². The van der Waals surface area contributed by atoms with Crippen LogP contribution in [-0.2, 0) is 6.54 Å². The maximum Gasteiger partial charge on any atom is 0.255 e. The largest absolute Gasteiger partial charge is 0.496 e. The molecule has 1 fully saturated rings. The third-order valence-electron chi connectivity index (χ3n) is 4.92. The zero-order valence-electron chi connectivity index (χ0n) is 16.1. The summed E-state index contributed by atoms with van der Waals surface area (Å²) >= 11 is 0. The van der Waals surface area contributed by atoms with Crippen molar-refractivity contribution in [3.05, 3.63) is 65.4 Å². The van der Waals surface area contributed by atoms with Gasteiger partial charge in [-0.1, -0.05) is 30.3 Å². The number of pyridine rings is 1. The van der Waals surface area contributed by atoms with Crippen LogP contribution in [0.25, 0.3) is 10.9 Å². The van der Waals surface area contributed by atoms with Gasteiger partial charge >= 0.3 is 0 Å². The average Bonchev–Trinajstić information content (AvgIpc) is 3.55. The van der Waals surface area contributed by atoms with Crippen LogP contribution in [0.2, 0.25) is 0 Å². The number of amides is 2. The van der Waals surface area contributed by atoms with Gasteiger partial charge in [-0.05, 0) is 24.5 Å². The quantitative estimate of drug-likeness (QED) is 0.575. The second-order valence-electron chi connectivity index (χ2n) is 7.07. The van der Waals surface area contributed by atoms with Crippen molar-refractivity contribution < 1.29 is 14.3 Å². The molecule has 0 aliphatic heterocycles. The number of methoxy groups -OCH3 is 1. The summed E-state index contributed by atoms with van der Waals surface area (Å²) in [6, 6.07) is 13.4. The molecule has 148 valence electrons. The third kappa shape index (κ3) is 3.99. The topological polar surface area (TPSA) is 106 Å². The number of benzene rings is 2. The molecule has 1 aromatic heterocycles. The van der Waals surface area contributed by atoms with E-state index in [0.29, 0.717) is 34.4 Å². The molecule has 29 heavy (non-hydrogen) atoms. The van der Waals surface area contributed by atoms with Gasteiger partial charge in [0, 0.05) is 30.2 Å². The number of primary amides is 1. The molecule has 4 N–H and O–H groups in total. The van der Waals surface area contributed by atoms with Gasteiger partial charge in [0.25, 0.3) is 11.8 Å². The highest BCUT2D eigenvalue weighted by Crippen LogP contribution is 2.32. The maximum absolute atomic E-state index is 12.8. The van der Waals surface area contributed by atoms with Crippen molar-refractivity contribution in [1.29, 1.82) is 0 Å². The number of anilines is 1. The molecule has 7 nitrogen and oxygen atoms in total. The fourth-order valence-corrected chi connectivity index (χ4v) is 3.22. The summed E-state index contributed by atoms with van der Waals surface area (Å²) in [5.74, 6) is -0.443. The minimum absolute atomic E-state index is 0.186. The van der Waals surface area contributed by atoms with Crippen LogP contribution < -0.4 is 21.1 Å². The summed E-state index contributed by atoms with van der Waals surface area (Å²) in [7, 11) is 1.47. The Kier molecular flexibility index (Phi) is 5.03. The van der Waals surface area contributed by atoms with Gasteiger partial charge in [-0.3, -0.25) is 14.6 Å². The number of ether oxygens (including phenoxy) is 1. The third-order valence-corrected chi connectivity index (χ3v) is 4.92. The van der Waals surface area contributed by atoms with E-state index in [1.165, 1.54) is 7.11 Å². The number of fused-ring (bicyclic) bond motifs is 1. The zero-order valence-corrected chi connectivity index (χ0v) is 16.1. The van der Waals surface area contributed by atoms with Gasteiger partial charge in [-0.25, -0.2) is 0 Å². The zero-order chi connectivity index (χ0) is 20.4. The van der Waals surface area contributed by atoms with Crippen LogP contribution in [0.3, 0.4) is 0 Å². The fourth-order valence-electron chi connectivity index (χ4n) is 3.22. The number of nitrogens with two attached hydrogens (primary N) is 1. The number of carbonyl (C=O) groups excluding carboxylic acids is 2. The number of carbonyl (C=O) groups is 2. The molecule has 0 bridgehead atoms. The van der Waals surface area contributed by atoms with Gasteiger partial charge in [0.2, 0.25) is 0 Å². The maximum atomic E-state index is 12.8. The Bertz CT molecular complexity index is 1080. The first-order chi connectivity index (χ1) is 14.1. The predicted molar refractivity (Wildman–Crippen MR) is 111 cm³/mol. The highest BCUT2D eigenvalue weighted by atomic mass is 16.5. The van der Waals surface area contributed by atoms with E-state index >= 15 is 0 Å². The van der Waals surface area contributed by atoms with Crippen molar-refractivity contribution in [3.63, 3.8) is 0 Å². The average molecular weight is 390 g/mol. The molecule has 0 unspecified atom stereocenters. The van der Waals surface area contributed by atoms with Crippen LogP contribution in [0.5, 0.6) is 5.75 Å². The first-order valence-corrected chi connectivity index (χ1v) is 9.46. The summed E-state index contributed by atoms with van der Waals surface area (Å²) in [4.78, 5) is 29.1. The van der Waals surface area contributed by atoms with Crippen molar-refractivity contribution in [1.82, 2.24) is 10.3 Å². The lowest BCUT2D eigenvalue weighted by Crippen LogP contribution is -2.26. The summed E-state index contributed by atoms with van der Waals surface area (Å²) in [5.41, 5.74) is 8.48. The van der Waals surface area contributed by atoms with E-state index in [-0.39, 0.29) is 17.5 Å². The normalized spacial score (nSPS) is 13.1. The van der Waals surface area contributed by atoms with E-state index in [1.807, 2.05) is 30.3 Å². The van der Waals surface area contributed by atoms with E-state index in [4.69, 9.17) is 10.5 Å². The van der Waals surface area contributed by atoms with Gasteiger partial charge in [0.15, 0.2) is 0 Å². The van der Waals surface area contributed by atoms with Gasteiger partial charge in [-0.15, -0.1) is 0 Å². The van der Waals surface area contributed by atoms with E-state index in [0.717, 1.165) is 18.4 Å². The number of hydrogen-bond donors (Lipinski definition) is 3. The predicted octanol–water partition coefficient (Wildman–Crippen LogP) is 2.85. The van der Waals surface area contributed by atoms with E-state index in [9.17, 15) is 9.59 Å². The molecular weight excluding hydrogens is 368 g/mol. The van der Waals surface area contributed by atoms with Crippen LogP contribution in [-0.4, -0.2) is 29.9 Å². The van der Waals surface area contributed by atoms with Crippen LogP contribution in [0.1, 0.15) is 39.1 Å². The lowest BCUT2D eigenvalue weighted by Gasteiger charge is -2.16. The highest BCUT2D eigenvalue weighted by Gasteiger charge is 2.26. The molecule has 7 heteroatoms. The Balaban J connectivity index is 1.81. The number of hydrogen-bond acceptors (Lipinski definition) is 5. The Morgan fingerprint density at radius 2 is 1.93 bits per heavy atom. The standard InChI is InChI=1S/C22H22N4O3/c1-29-19-10-18-15(9-16(19)21(23)27)20(25-11-13-5-3-2-4-6-13)17(12-24-18)22(28)26-14-7-8-14/h2-6,9-10,12,14H,7-8,11H2,1H3,(H2,23,27)(H,24,25)(H,26,28). The van der Waals surface area contributed by atoms with E-state index in [1.54, 1.807) is 18.3 Å². The van der Waals surface area contributed by atoms with Gasteiger partial charge < -0.3 is 21.1 Å². The molecule has 0 radical (unpaired) electrons. The molecule has 0 atom stereocenters. The molecule has 0 saturated heterocycles. The Hall–Kier alpha value is -3.61. The van der Waals surface area contributed by atoms with Gasteiger partial charge in [0.05, 0.1) is 29.4 Å². The van der Waals surface area contributed by atoms with Crippen LogP contribution in [0.15, 0.2) is 48.7 Å². The molecule has 2 aromatic carbocycles. The minimum Gasteiger partial charge on any atom is -0.496 e. The van der Waals surface area contributed by atoms with Gasteiger partial charge in [-0.2, -0.15) is 0 Å². The molecule has 1 saturated carbocycles. The lowest BCUT2D eigenvalue weighted by molar-refractivity contribution is 0.0950. The molecule has 3 aromatic rings. The first kappa shape index (κ1) is 18.7. The number of nitrogens with zero attached hydrogens (tertiary/aromatic N) is 1. The van der Waals surface area contributed by atoms with Crippen molar-refractivity contribution in [2.45, 2.75) is 25.4 Å². The second-order valence-corrected chi connectivity index (χ2v) is 7.07.